The number of nitrogens with zero attached hydrogens (tertiary/aromatic N) is 3. The van der Waals surface area contributed by atoms with Gasteiger partial charge in [-0.25, -0.2) is 15.0 Å². The largest absolute Gasteiger partial charge is 0.248 e. The van der Waals surface area contributed by atoms with Crippen molar-refractivity contribution in [3.8, 4) is 33.4 Å². The fourth-order valence-corrected chi connectivity index (χ4v) is 16.1. The van der Waals surface area contributed by atoms with E-state index in [1.807, 2.05) is 89.2 Å². The van der Waals surface area contributed by atoms with Gasteiger partial charge >= 0.3 is 0 Å². The maximum Gasteiger partial charge on any atom is 0.115 e. The third-order valence-corrected chi connectivity index (χ3v) is 18.1. The summed E-state index contributed by atoms with van der Waals surface area (Å²) in [6.45, 7) is 0. The second-order valence-corrected chi connectivity index (χ2v) is 20.3. The number of fused-ring (bicyclic) bond motifs is 15. The van der Waals surface area contributed by atoms with Gasteiger partial charge in [0.25, 0.3) is 0 Å². The number of pyridine rings is 3. The third-order valence-electron chi connectivity index (χ3n) is 10.6. The van der Waals surface area contributed by atoms with Crippen molar-refractivity contribution in [1.82, 2.24) is 15.0 Å². The van der Waals surface area contributed by atoms with Gasteiger partial charge in [0.1, 0.15) is 15.1 Å². The highest BCUT2D eigenvalue weighted by molar-refractivity contribution is 8.25. The van der Waals surface area contributed by atoms with E-state index in [0.29, 0.717) is 0 Å². The topological polar surface area (TPSA) is 38.7 Å². The molecule has 3 aromatic heterocycles. The first-order chi connectivity index (χ1) is 26.8. The highest BCUT2D eigenvalue weighted by Gasteiger charge is 2.46. The molecule has 0 amide bonds. The van der Waals surface area contributed by atoms with Crippen molar-refractivity contribution >= 4 is 87.3 Å². The molecule has 252 valence electrons. The van der Waals surface area contributed by atoms with E-state index in [0.717, 1.165) is 15.1 Å². The first-order valence-corrected chi connectivity index (χ1v) is 22.4. The molecule has 0 N–H and O–H groups in total. The molecule has 0 bridgehead atoms. The number of benzene rings is 4. The molecule has 6 heterocycles. The number of thioether (sulfide) groups is 6. The Morgan fingerprint density at radius 1 is 0.278 bits per heavy atom. The van der Waals surface area contributed by atoms with Gasteiger partial charge in [-0.05, 0) is 86.5 Å². The van der Waals surface area contributed by atoms with E-state index in [4.69, 9.17) is 15.0 Å². The van der Waals surface area contributed by atoms with E-state index in [2.05, 4.69) is 109 Å². The molecule has 0 fully saturated rings. The van der Waals surface area contributed by atoms with Crippen LogP contribution in [0, 0.1) is 0 Å². The van der Waals surface area contributed by atoms with Gasteiger partial charge in [-0.1, -0.05) is 143 Å². The van der Waals surface area contributed by atoms with Gasteiger partial charge in [0.2, 0.25) is 0 Å². The Morgan fingerprint density at radius 3 is 0.870 bits per heavy atom. The second kappa shape index (κ2) is 11.6. The van der Waals surface area contributed by atoms with E-state index >= 15 is 0 Å². The van der Waals surface area contributed by atoms with Crippen molar-refractivity contribution in [1.29, 1.82) is 0 Å². The van der Waals surface area contributed by atoms with Crippen LogP contribution < -0.4 is 0 Å². The Hall–Kier alpha value is -4.35. The predicted molar refractivity (Wildman–Crippen MR) is 229 cm³/mol. The summed E-state index contributed by atoms with van der Waals surface area (Å²) in [7, 11) is 0. The van der Waals surface area contributed by atoms with Gasteiger partial charge in [0.05, 0.1) is 12.7 Å². The first-order valence-electron chi connectivity index (χ1n) is 17.5. The van der Waals surface area contributed by atoms with E-state index in [1.54, 1.807) is 0 Å². The highest BCUT2D eigenvalue weighted by Crippen LogP contribution is 2.70. The summed E-state index contributed by atoms with van der Waals surface area (Å²) >= 11 is 11.1. The maximum absolute atomic E-state index is 4.82. The lowest BCUT2D eigenvalue weighted by Gasteiger charge is -2.20. The van der Waals surface area contributed by atoms with Crippen LogP contribution in [0.1, 0.15) is 33.4 Å². The lowest BCUT2D eigenvalue weighted by atomic mass is 9.84. The van der Waals surface area contributed by atoms with Crippen LogP contribution in [0.3, 0.4) is 0 Å². The number of rotatable bonds is 0. The van der Waals surface area contributed by atoms with E-state index in [1.165, 1.54) is 111 Å². The molecule has 0 atom stereocenters. The lowest BCUT2D eigenvalue weighted by Crippen LogP contribution is -1.98. The molecule has 0 unspecified atom stereocenters. The summed E-state index contributed by atoms with van der Waals surface area (Å²) in [6, 6.07) is 40.1. The highest BCUT2D eigenvalue weighted by atomic mass is 32.2. The zero-order valence-corrected chi connectivity index (χ0v) is 32.8. The average molecular weight is 796 g/mol. The lowest BCUT2D eigenvalue weighted by molar-refractivity contribution is 1.05. The van der Waals surface area contributed by atoms with Crippen LogP contribution in [0.5, 0.6) is 0 Å². The summed E-state index contributed by atoms with van der Waals surface area (Å²) in [5, 5.41) is 3.25. The SMILES string of the molecule is c1cnc2c(c1)SC(=C1c3ccccc3-c3c1c1c(c4c3C(=C3Sc5cccnc5S3)c3ccccc3-4)C(=C3Sc4cccnc4S3)c3ccccc3-1)S2. The van der Waals surface area contributed by atoms with Crippen molar-refractivity contribution in [3.63, 3.8) is 0 Å². The minimum Gasteiger partial charge on any atom is -0.248 e. The number of hydrogen-bond donors (Lipinski definition) is 0. The zero-order valence-electron chi connectivity index (χ0n) is 27.9. The molecule has 0 saturated carbocycles. The summed E-state index contributed by atoms with van der Waals surface area (Å²) in [6.07, 6.45) is 5.75. The van der Waals surface area contributed by atoms with Crippen molar-refractivity contribution in [2.24, 2.45) is 0 Å². The molecule has 0 radical (unpaired) electrons. The van der Waals surface area contributed by atoms with Crippen molar-refractivity contribution < 1.29 is 0 Å². The smallest absolute Gasteiger partial charge is 0.115 e. The van der Waals surface area contributed by atoms with E-state index in [-0.39, 0.29) is 0 Å². The van der Waals surface area contributed by atoms with Crippen LogP contribution in [-0.2, 0) is 0 Å². The van der Waals surface area contributed by atoms with Crippen LogP contribution in [0.25, 0.3) is 50.1 Å². The van der Waals surface area contributed by atoms with Gasteiger partial charge in [0.15, 0.2) is 0 Å². The molecule has 13 rings (SSSR count). The summed E-state index contributed by atoms with van der Waals surface area (Å²) in [5.74, 6) is 0. The zero-order chi connectivity index (χ0) is 35.1. The average Bonchev–Trinajstić information content (AvgIpc) is 4.06. The molecular formula is C45H21N3S6. The molecule has 3 aliphatic carbocycles. The number of aromatic nitrogens is 3. The predicted octanol–water partition coefficient (Wildman–Crippen LogP) is 13.7. The molecule has 0 saturated heterocycles. The van der Waals surface area contributed by atoms with Crippen LogP contribution in [-0.4, -0.2) is 15.0 Å². The Bertz CT molecular complexity index is 2590. The fraction of sp³-hybridized carbons (Fsp3) is 0. The normalized spacial score (nSPS) is 20.2. The standard InChI is InChI=1S/C45H21N3S6/c1-4-13-25-22(10-1)31-37(34(25)43-49-28-16-7-19-46-40(28)52-43)32-24-12-3-6-15-27(24)36(45-51-30-18-9-21-48-42(30)54-45)39(32)33-23-11-2-5-14-26(23)35(38(31)33)44-50-29-17-8-20-47-41(29)53-44/h1-21H. The van der Waals surface area contributed by atoms with Crippen molar-refractivity contribution in [2.45, 2.75) is 29.8 Å². The Morgan fingerprint density at radius 2 is 0.574 bits per heavy atom. The second-order valence-electron chi connectivity index (χ2n) is 13.4. The molecule has 4 aromatic carbocycles. The molecular weight excluding hydrogens is 775 g/mol. The van der Waals surface area contributed by atoms with E-state index in [9.17, 15) is 0 Å². The molecule has 6 aliphatic rings. The minimum absolute atomic E-state index is 1.08. The van der Waals surface area contributed by atoms with Gasteiger partial charge in [0, 0.05) is 66.7 Å². The Labute approximate surface area is 336 Å². The van der Waals surface area contributed by atoms with Crippen LogP contribution in [0.15, 0.2) is 170 Å². The number of hydrogen-bond acceptors (Lipinski definition) is 9. The molecule has 3 aliphatic heterocycles. The Balaban J connectivity index is 1.22. The molecule has 3 nitrogen and oxygen atoms in total. The molecule has 54 heavy (non-hydrogen) atoms. The molecule has 7 aromatic rings. The fourth-order valence-electron chi connectivity index (χ4n) is 8.63. The molecule has 0 spiro atoms. The van der Waals surface area contributed by atoms with Gasteiger partial charge < -0.3 is 0 Å². The first kappa shape index (κ1) is 30.9. The Kier molecular flexibility index (Phi) is 6.63. The monoisotopic (exact) mass is 795 g/mol. The van der Waals surface area contributed by atoms with Gasteiger partial charge in [-0.2, -0.15) is 0 Å². The van der Waals surface area contributed by atoms with Crippen molar-refractivity contribution in [3.05, 3.63) is 174 Å². The summed E-state index contributed by atoms with van der Waals surface area (Å²) in [4.78, 5) is 18.1. The van der Waals surface area contributed by atoms with Gasteiger partial charge in [-0.3, -0.25) is 0 Å². The maximum atomic E-state index is 4.82. The minimum atomic E-state index is 1.08. The third kappa shape index (κ3) is 4.17. The summed E-state index contributed by atoms with van der Waals surface area (Å²) in [5.41, 5.74) is 19.8. The van der Waals surface area contributed by atoms with E-state index < -0.39 is 0 Å². The van der Waals surface area contributed by atoms with Crippen LogP contribution >= 0.6 is 70.6 Å². The summed E-state index contributed by atoms with van der Waals surface area (Å²) < 4.78 is 3.88. The van der Waals surface area contributed by atoms with Crippen LogP contribution in [0.2, 0.25) is 0 Å². The van der Waals surface area contributed by atoms with Crippen LogP contribution in [0.4, 0.5) is 0 Å². The quantitative estimate of drug-likeness (QED) is 0.149. The van der Waals surface area contributed by atoms with Crippen molar-refractivity contribution in [2.75, 3.05) is 0 Å². The molecule has 9 heteroatoms. The van der Waals surface area contributed by atoms with Gasteiger partial charge in [-0.15, -0.1) is 0 Å².